The Morgan fingerprint density at radius 3 is 2.84 bits per heavy atom. The fourth-order valence-electron chi connectivity index (χ4n) is 2.82. The van der Waals surface area contributed by atoms with Crippen LogP contribution in [0.4, 0.5) is 0 Å². The molecule has 1 fully saturated rings. The number of nitrogens with zero attached hydrogens (tertiary/aromatic N) is 4. The van der Waals surface area contributed by atoms with Crippen molar-refractivity contribution in [3.8, 4) is 11.6 Å². The normalized spacial score (nSPS) is 15.1. The van der Waals surface area contributed by atoms with Gasteiger partial charge in [-0.2, -0.15) is 4.98 Å². The van der Waals surface area contributed by atoms with Crippen molar-refractivity contribution in [1.82, 2.24) is 24.7 Å². The van der Waals surface area contributed by atoms with Crippen LogP contribution in [0.3, 0.4) is 0 Å². The number of carbonyl (C=O) groups is 1. The number of aryl methyl sites for hydroxylation is 1. The molecule has 1 saturated carbocycles. The zero-order valence-electron chi connectivity index (χ0n) is 14.1. The van der Waals surface area contributed by atoms with Gasteiger partial charge in [-0.3, -0.25) is 14.2 Å². The first-order valence-electron chi connectivity index (χ1n) is 8.35. The van der Waals surface area contributed by atoms with E-state index in [4.69, 9.17) is 4.74 Å². The Kier molecular flexibility index (Phi) is 3.83. The van der Waals surface area contributed by atoms with Crippen LogP contribution < -0.4 is 10.1 Å². The molecule has 0 aromatic carbocycles. The van der Waals surface area contributed by atoms with Gasteiger partial charge in [-0.1, -0.05) is 0 Å². The van der Waals surface area contributed by atoms with Gasteiger partial charge >= 0.3 is 0 Å². The van der Waals surface area contributed by atoms with Crippen molar-refractivity contribution in [2.75, 3.05) is 0 Å². The van der Waals surface area contributed by atoms with Crippen molar-refractivity contribution in [3.63, 3.8) is 0 Å². The summed E-state index contributed by atoms with van der Waals surface area (Å²) in [6.07, 6.45) is 7.26. The smallest absolute Gasteiger partial charge is 0.274 e. The predicted octanol–water partition coefficient (Wildman–Crippen LogP) is 2.75. The second kappa shape index (κ2) is 6.16. The molecule has 25 heavy (non-hydrogen) atoms. The number of hydrogen-bond donors (Lipinski definition) is 1. The van der Waals surface area contributed by atoms with Crippen LogP contribution >= 0.6 is 0 Å². The molecular formula is C18H19N5O2. The highest BCUT2D eigenvalue weighted by Gasteiger charge is 2.30. The third-order valence-electron chi connectivity index (χ3n) is 4.45. The Morgan fingerprint density at radius 1 is 1.36 bits per heavy atom. The second-order valence-electron chi connectivity index (χ2n) is 6.41. The van der Waals surface area contributed by atoms with E-state index in [1.807, 2.05) is 19.9 Å². The van der Waals surface area contributed by atoms with E-state index >= 15 is 0 Å². The number of fused-ring (bicyclic) bond motifs is 1. The lowest BCUT2D eigenvalue weighted by molar-refractivity contribution is 0.0933. The molecule has 3 aromatic rings. The first kappa shape index (κ1) is 15.6. The largest absolute Gasteiger partial charge is 0.439 e. The summed E-state index contributed by atoms with van der Waals surface area (Å²) in [6.45, 7) is 3.95. The average molecular weight is 337 g/mol. The van der Waals surface area contributed by atoms with Gasteiger partial charge in [-0.15, -0.1) is 0 Å². The van der Waals surface area contributed by atoms with Crippen molar-refractivity contribution in [3.05, 3.63) is 48.3 Å². The zero-order valence-corrected chi connectivity index (χ0v) is 14.1. The number of aromatic nitrogens is 4. The Balaban J connectivity index is 1.65. The van der Waals surface area contributed by atoms with Crippen LogP contribution in [0.5, 0.6) is 11.6 Å². The maximum Gasteiger partial charge on any atom is 0.274 e. The first-order valence-corrected chi connectivity index (χ1v) is 8.35. The van der Waals surface area contributed by atoms with Gasteiger partial charge in [-0.25, -0.2) is 4.98 Å². The van der Waals surface area contributed by atoms with E-state index in [-0.39, 0.29) is 11.9 Å². The zero-order chi connectivity index (χ0) is 17.4. The number of nitrogens with one attached hydrogen (secondary N) is 1. The molecule has 1 aliphatic carbocycles. The molecule has 0 bridgehead atoms. The van der Waals surface area contributed by atoms with Crippen LogP contribution in [-0.4, -0.2) is 31.3 Å². The molecule has 3 aromatic heterocycles. The molecule has 0 spiro atoms. The van der Waals surface area contributed by atoms with Crippen molar-refractivity contribution < 1.29 is 9.53 Å². The van der Waals surface area contributed by atoms with E-state index in [1.54, 1.807) is 35.3 Å². The predicted molar refractivity (Wildman–Crippen MR) is 91.7 cm³/mol. The summed E-state index contributed by atoms with van der Waals surface area (Å²) in [4.78, 5) is 25.3. The number of ether oxygens (including phenoxy) is 1. The van der Waals surface area contributed by atoms with Gasteiger partial charge in [0, 0.05) is 30.2 Å². The molecule has 1 amide bonds. The van der Waals surface area contributed by atoms with E-state index in [0.29, 0.717) is 28.9 Å². The van der Waals surface area contributed by atoms with Crippen LogP contribution in [0, 0.1) is 12.8 Å². The summed E-state index contributed by atoms with van der Waals surface area (Å²) in [5, 5.41) is 3.02. The lowest BCUT2D eigenvalue weighted by atomic mass is 10.2. The Labute approximate surface area is 145 Å². The molecule has 1 N–H and O–H groups in total. The van der Waals surface area contributed by atoms with Crippen molar-refractivity contribution in [2.24, 2.45) is 5.92 Å². The minimum atomic E-state index is -0.199. The number of amides is 1. The monoisotopic (exact) mass is 337 g/mol. The maximum atomic E-state index is 12.6. The number of rotatable bonds is 5. The highest BCUT2D eigenvalue weighted by molar-refractivity contribution is 5.98. The molecule has 3 heterocycles. The molecule has 0 saturated heterocycles. The van der Waals surface area contributed by atoms with Crippen molar-refractivity contribution >= 4 is 11.6 Å². The van der Waals surface area contributed by atoms with E-state index in [2.05, 4.69) is 20.3 Å². The molecule has 0 aliphatic heterocycles. The molecule has 7 nitrogen and oxygen atoms in total. The fraction of sp³-hybridized carbons (Fsp3) is 0.333. The Morgan fingerprint density at radius 2 is 2.12 bits per heavy atom. The Bertz CT molecular complexity index is 918. The molecule has 128 valence electrons. The lowest BCUT2D eigenvalue weighted by Gasteiger charge is -2.12. The van der Waals surface area contributed by atoms with Gasteiger partial charge in [0.25, 0.3) is 5.91 Å². The summed E-state index contributed by atoms with van der Waals surface area (Å²) in [7, 11) is 0. The van der Waals surface area contributed by atoms with Gasteiger partial charge in [0.15, 0.2) is 11.3 Å². The minimum absolute atomic E-state index is 0.154. The number of carbonyl (C=O) groups excluding carboxylic acids is 1. The van der Waals surface area contributed by atoms with E-state index in [0.717, 1.165) is 5.69 Å². The average Bonchev–Trinajstić information content (AvgIpc) is 3.36. The topological polar surface area (TPSA) is 81.4 Å². The number of imidazole rings is 1. The van der Waals surface area contributed by atoms with Gasteiger partial charge in [0.05, 0.1) is 0 Å². The van der Waals surface area contributed by atoms with E-state index in [9.17, 15) is 4.79 Å². The van der Waals surface area contributed by atoms with Gasteiger partial charge in [0.1, 0.15) is 12.1 Å². The van der Waals surface area contributed by atoms with Crippen molar-refractivity contribution in [1.29, 1.82) is 0 Å². The van der Waals surface area contributed by atoms with Crippen LogP contribution in [0.1, 0.15) is 35.9 Å². The highest BCUT2D eigenvalue weighted by atomic mass is 16.5. The van der Waals surface area contributed by atoms with E-state index in [1.165, 1.54) is 12.8 Å². The molecule has 0 radical (unpaired) electrons. The van der Waals surface area contributed by atoms with E-state index < -0.39 is 0 Å². The molecule has 4 rings (SSSR count). The highest BCUT2D eigenvalue weighted by Crippen LogP contribution is 2.32. The van der Waals surface area contributed by atoms with Gasteiger partial charge in [-0.05, 0) is 44.7 Å². The molecule has 1 unspecified atom stereocenters. The van der Waals surface area contributed by atoms with Crippen LogP contribution in [-0.2, 0) is 0 Å². The van der Waals surface area contributed by atoms with Crippen LogP contribution in [0.2, 0.25) is 0 Å². The molecule has 7 heteroatoms. The van der Waals surface area contributed by atoms with Crippen LogP contribution in [0.15, 0.2) is 36.9 Å². The number of hydrogen-bond acceptors (Lipinski definition) is 5. The third-order valence-corrected chi connectivity index (χ3v) is 4.45. The lowest BCUT2D eigenvalue weighted by Crippen LogP contribution is -2.34. The quantitative estimate of drug-likeness (QED) is 0.774. The summed E-state index contributed by atoms with van der Waals surface area (Å²) in [5.41, 5.74) is 1.69. The SMILES string of the molecule is Cc1cc(Oc2ccncc2)nc2c(C(=O)NC(C)C3CC3)ncn12. The van der Waals surface area contributed by atoms with Gasteiger partial charge < -0.3 is 10.1 Å². The fourth-order valence-corrected chi connectivity index (χ4v) is 2.82. The minimum Gasteiger partial charge on any atom is -0.439 e. The standard InChI is InChI=1S/C18H19N5O2/c1-11-9-15(25-14-5-7-19-8-6-14)22-17-16(20-10-23(11)17)18(24)21-12(2)13-3-4-13/h5-10,12-13H,3-4H2,1-2H3,(H,21,24). The summed E-state index contributed by atoms with van der Waals surface area (Å²) in [5.74, 6) is 1.44. The van der Waals surface area contributed by atoms with Crippen molar-refractivity contribution in [2.45, 2.75) is 32.7 Å². The maximum absolute atomic E-state index is 12.6. The summed E-state index contributed by atoms with van der Waals surface area (Å²) >= 11 is 0. The molecule has 1 atom stereocenters. The molecular weight excluding hydrogens is 318 g/mol. The first-order chi connectivity index (χ1) is 12.1. The summed E-state index contributed by atoms with van der Waals surface area (Å²) < 4.78 is 7.56. The second-order valence-corrected chi connectivity index (χ2v) is 6.41. The van der Waals surface area contributed by atoms with Gasteiger partial charge in [0.2, 0.25) is 5.88 Å². The molecule has 1 aliphatic rings. The van der Waals surface area contributed by atoms with Crippen LogP contribution in [0.25, 0.3) is 5.65 Å². The Hall–Kier alpha value is -2.96. The summed E-state index contributed by atoms with van der Waals surface area (Å²) in [6, 6.07) is 5.47. The third kappa shape index (κ3) is 3.17. The number of pyridine rings is 1.